The van der Waals surface area contributed by atoms with Crippen molar-refractivity contribution in [1.82, 2.24) is 25.0 Å². The van der Waals surface area contributed by atoms with Gasteiger partial charge in [0.1, 0.15) is 11.4 Å². The van der Waals surface area contributed by atoms with Crippen LogP contribution in [0.2, 0.25) is 0 Å². The number of rotatable bonds is 3. The highest BCUT2D eigenvalue weighted by atomic mass is 32.2. The average Bonchev–Trinajstić information content (AvgIpc) is 2.90. The van der Waals surface area contributed by atoms with E-state index in [0.29, 0.717) is 21.9 Å². The molecule has 20 heavy (non-hydrogen) atoms. The van der Waals surface area contributed by atoms with Gasteiger partial charge in [-0.25, -0.2) is 9.97 Å². The maximum Gasteiger partial charge on any atom is 0.187 e. The van der Waals surface area contributed by atoms with Gasteiger partial charge in [0.05, 0.1) is 17.5 Å². The molecule has 2 heterocycles. The normalized spacial score (nSPS) is 10.6. The number of nitriles is 1. The van der Waals surface area contributed by atoms with Gasteiger partial charge < -0.3 is 0 Å². The quantitative estimate of drug-likeness (QED) is 0.541. The van der Waals surface area contributed by atoms with Crippen molar-refractivity contribution in [2.45, 2.75) is 11.9 Å². The van der Waals surface area contributed by atoms with E-state index in [1.165, 1.54) is 23.7 Å². The summed E-state index contributed by atoms with van der Waals surface area (Å²) in [7, 11) is 0. The number of fused-ring (bicyclic) bond motifs is 1. The maximum absolute atomic E-state index is 8.65. The molecule has 0 amide bonds. The van der Waals surface area contributed by atoms with E-state index in [1.54, 1.807) is 4.68 Å². The van der Waals surface area contributed by atoms with Gasteiger partial charge in [-0.15, -0.1) is 5.10 Å². The first kappa shape index (κ1) is 12.6. The number of hydrogen-bond acceptors (Lipinski definition) is 6. The zero-order chi connectivity index (χ0) is 13.9. The Morgan fingerprint density at radius 1 is 1.25 bits per heavy atom. The van der Waals surface area contributed by atoms with Gasteiger partial charge in [0.15, 0.2) is 11.2 Å². The second-order valence-electron chi connectivity index (χ2n) is 4.13. The van der Waals surface area contributed by atoms with Gasteiger partial charge >= 0.3 is 0 Å². The van der Waals surface area contributed by atoms with Gasteiger partial charge in [0.2, 0.25) is 0 Å². The van der Waals surface area contributed by atoms with Crippen LogP contribution in [0.4, 0.5) is 0 Å². The molecule has 0 saturated heterocycles. The summed E-state index contributed by atoms with van der Waals surface area (Å²) in [5, 5.41) is 17.6. The van der Waals surface area contributed by atoms with Crippen molar-refractivity contribution in [2.24, 2.45) is 0 Å². The van der Waals surface area contributed by atoms with Crippen molar-refractivity contribution in [2.75, 3.05) is 5.75 Å². The third kappa shape index (κ3) is 2.21. The van der Waals surface area contributed by atoms with E-state index in [4.69, 9.17) is 5.26 Å². The molecule has 0 aliphatic heterocycles. The Morgan fingerprint density at radius 2 is 2.05 bits per heavy atom. The summed E-state index contributed by atoms with van der Waals surface area (Å²) in [5.41, 5.74) is 3.34. The predicted molar refractivity (Wildman–Crippen MR) is 75.5 cm³/mol. The van der Waals surface area contributed by atoms with Crippen LogP contribution in [0.25, 0.3) is 16.9 Å². The molecule has 0 radical (unpaired) electrons. The van der Waals surface area contributed by atoms with Crippen LogP contribution >= 0.6 is 11.8 Å². The van der Waals surface area contributed by atoms with Crippen molar-refractivity contribution >= 4 is 22.9 Å². The van der Waals surface area contributed by atoms with Crippen LogP contribution in [0.5, 0.6) is 0 Å². The fraction of sp³-hybridized carbons (Fsp3) is 0.154. The minimum Gasteiger partial charge on any atom is -0.227 e. The molecule has 3 aromatic rings. The molecule has 0 bridgehead atoms. The van der Waals surface area contributed by atoms with E-state index >= 15 is 0 Å². The van der Waals surface area contributed by atoms with Gasteiger partial charge in [-0.2, -0.15) is 9.94 Å². The molecule has 1 aromatic carbocycles. The van der Waals surface area contributed by atoms with E-state index in [2.05, 4.69) is 26.3 Å². The molecular formula is C13H10N6S. The number of thioether (sulfide) groups is 1. The molecule has 7 heteroatoms. The molecule has 0 spiro atoms. The number of hydrogen-bond donors (Lipinski definition) is 0. The zero-order valence-electron chi connectivity index (χ0n) is 10.7. The van der Waals surface area contributed by atoms with Gasteiger partial charge in [0, 0.05) is 0 Å². The lowest BCUT2D eigenvalue weighted by molar-refractivity contribution is 0.816. The first-order chi connectivity index (χ1) is 9.79. The lowest BCUT2D eigenvalue weighted by Gasteiger charge is -2.02. The number of aryl methyl sites for hydroxylation is 1. The van der Waals surface area contributed by atoms with Crippen LogP contribution in [0.15, 0.2) is 35.6 Å². The van der Waals surface area contributed by atoms with Gasteiger partial charge in [-0.3, -0.25) is 0 Å². The molecule has 3 rings (SSSR count). The van der Waals surface area contributed by atoms with Gasteiger partial charge in [0.25, 0.3) is 0 Å². The van der Waals surface area contributed by atoms with Crippen molar-refractivity contribution in [1.29, 1.82) is 5.26 Å². The molecule has 0 N–H and O–H groups in total. The monoisotopic (exact) mass is 282 g/mol. The van der Waals surface area contributed by atoms with Crippen LogP contribution in [-0.2, 0) is 0 Å². The second kappa shape index (κ2) is 5.27. The molecule has 98 valence electrons. The fourth-order valence-electron chi connectivity index (χ4n) is 1.79. The van der Waals surface area contributed by atoms with Crippen LogP contribution < -0.4 is 0 Å². The Balaban J connectivity index is 2.10. The Morgan fingerprint density at radius 3 is 2.80 bits per heavy atom. The lowest BCUT2D eigenvalue weighted by Crippen LogP contribution is -1.98. The Bertz CT molecular complexity index is 787. The molecule has 2 aromatic heterocycles. The largest absolute Gasteiger partial charge is 0.227 e. The topological polar surface area (TPSA) is 80.3 Å². The van der Waals surface area contributed by atoms with Crippen LogP contribution in [0, 0.1) is 18.3 Å². The van der Waals surface area contributed by atoms with E-state index in [1.807, 2.05) is 31.2 Å². The zero-order valence-corrected chi connectivity index (χ0v) is 11.5. The number of aromatic nitrogens is 5. The highest BCUT2D eigenvalue weighted by molar-refractivity contribution is 7.99. The van der Waals surface area contributed by atoms with Gasteiger partial charge in [-0.05, 0) is 19.1 Å². The van der Waals surface area contributed by atoms with E-state index < -0.39 is 0 Å². The molecule has 0 aliphatic carbocycles. The Labute approximate surface area is 119 Å². The smallest absolute Gasteiger partial charge is 0.187 e. The number of benzene rings is 1. The van der Waals surface area contributed by atoms with Crippen molar-refractivity contribution in [3.8, 4) is 11.8 Å². The van der Waals surface area contributed by atoms with Crippen molar-refractivity contribution in [3.05, 3.63) is 36.2 Å². The summed E-state index contributed by atoms with van der Waals surface area (Å²) in [6.45, 7) is 2.03. The minimum absolute atomic E-state index is 0.323. The second-order valence-corrected chi connectivity index (χ2v) is 5.10. The fourth-order valence-corrected chi connectivity index (χ4v) is 2.39. The average molecular weight is 282 g/mol. The Kier molecular flexibility index (Phi) is 3.31. The standard InChI is InChI=1S/C13H10N6S/c1-9-2-4-10(5-3-9)19-12-11(17-18-19)13(16-8-15-12)20-7-6-14/h2-5,8H,7H2,1H3. The highest BCUT2D eigenvalue weighted by Gasteiger charge is 2.12. The number of nitrogens with zero attached hydrogens (tertiary/aromatic N) is 6. The van der Waals surface area contributed by atoms with E-state index in [0.717, 1.165) is 5.69 Å². The lowest BCUT2D eigenvalue weighted by atomic mass is 10.2. The minimum atomic E-state index is 0.323. The molecule has 6 nitrogen and oxygen atoms in total. The molecule has 0 atom stereocenters. The molecule has 0 fully saturated rings. The molecule has 0 unspecified atom stereocenters. The third-order valence-corrected chi connectivity index (χ3v) is 3.60. The third-order valence-electron chi connectivity index (χ3n) is 2.76. The first-order valence-electron chi connectivity index (χ1n) is 5.93. The summed E-state index contributed by atoms with van der Waals surface area (Å²) < 4.78 is 1.67. The Hall–Kier alpha value is -2.46. The molecule has 0 aliphatic rings. The summed E-state index contributed by atoms with van der Waals surface area (Å²) in [5.74, 6) is 0.323. The van der Waals surface area contributed by atoms with Crippen LogP contribution in [-0.4, -0.2) is 30.7 Å². The SMILES string of the molecule is Cc1ccc(-n2nnc3c(SCC#N)ncnc32)cc1. The summed E-state index contributed by atoms with van der Waals surface area (Å²) >= 11 is 1.33. The maximum atomic E-state index is 8.65. The van der Waals surface area contributed by atoms with Crippen LogP contribution in [0.1, 0.15) is 5.56 Å². The summed E-state index contributed by atoms with van der Waals surface area (Å²) in [6.07, 6.45) is 1.47. The van der Waals surface area contributed by atoms with Gasteiger partial charge in [-0.1, -0.05) is 34.7 Å². The van der Waals surface area contributed by atoms with E-state index in [9.17, 15) is 0 Å². The molecular weight excluding hydrogens is 272 g/mol. The van der Waals surface area contributed by atoms with Crippen molar-refractivity contribution < 1.29 is 0 Å². The molecule has 0 saturated carbocycles. The van der Waals surface area contributed by atoms with Crippen LogP contribution in [0.3, 0.4) is 0 Å². The first-order valence-corrected chi connectivity index (χ1v) is 6.91. The summed E-state index contributed by atoms with van der Waals surface area (Å²) in [4.78, 5) is 8.39. The van der Waals surface area contributed by atoms with E-state index in [-0.39, 0.29) is 0 Å². The summed E-state index contributed by atoms with van der Waals surface area (Å²) in [6, 6.07) is 10.0. The van der Waals surface area contributed by atoms with Crippen molar-refractivity contribution in [3.63, 3.8) is 0 Å². The highest BCUT2D eigenvalue weighted by Crippen LogP contribution is 2.23. The predicted octanol–water partition coefficient (Wildman–Crippen LogP) is 2.13.